The van der Waals surface area contributed by atoms with Crippen molar-refractivity contribution in [2.75, 3.05) is 5.32 Å². The van der Waals surface area contributed by atoms with Crippen molar-refractivity contribution in [1.29, 1.82) is 0 Å². The van der Waals surface area contributed by atoms with E-state index in [1.54, 1.807) is 18.2 Å². The molecule has 2 N–H and O–H groups in total. The van der Waals surface area contributed by atoms with Crippen LogP contribution in [0.25, 0.3) is 0 Å². The number of ether oxygens (including phenoxy) is 1. The van der Waals surface area contributed by atoms with Crippen molar-refractivity contribution >= 4 is 45.0 Å². The maximum Gasteiger partial charge on any atom is 0.324 e. The summed E-state index contributed by atoms with van der Waals surface area (Å²) in [5, 5.41) is 2.91. The van der Waals surface area contributed by atoms with Crippen LogP contribution in [0.4, 0.5) is 5.69 Å². The molecule has 10 heteroatoms. The zero-order valence-electron chi connectivity index (χ0n) is 16.5. The third-order valence-electron chi connectivity index (χ3n) is 4.01. The summed E-state index contributed by atoms with van der Waals surface area (Å²) in [6, 6.07) is 10.5. The van der Waals surface area contributed by atoms with Gasteiger partial charge in [0.2, 0.25) is 10.0 Å². The first-order valence-electron chi connectivity index (χ1n) is 8.90. The molecule has 0 bridgehead atoms. The lowest BCUT2D eigenvalue weighted by Crippen LogP contribution is -2.42. The van der Waals surface area contributed by atoms with Crippen LogP contribution in [0.2, 0.25) is 5.02 Å². The van der Waals surface area contributed by atoms with E-state index in [0.29, 0.717) is 16.3 Å². The Morgan fingerprint density at radius 3 is 2.27 bits per heavy atom. The zero-order valence-corrected chi connectivity index (χ0v) is 18.1. The van der Waals surface area contributed by atoms with Gasteiger partial charge in [-0.25, -0.2) is 8.42 Å². The highest BCUT2D eigenvalue weighted by Gasteiger charge is 2.26. The molecule has 0 saturated heterocycles. The Labute approximate surface area is 179 Å². The second kappa shape index (κ2) is 9.84. The van der Waals surface area contributed by atoms with E-state index >= 15 is 0 Å². The fourth-order valence-electron chi connectivity index (χ4n) is 2.35. The van der Waals surface area contributed by atoms with Crippen molar-refractivity contribution in [2.45, 2.75) is 37.8 Å². The molecule has 8 nitrogen and oxygen atoms in total. The smallest absolute Gasteiger partial charge is 0.324 e. The molecule has 0 aliphatic rings. The van der Waals surface area contributed by atoms with E-state index in [9.17, 15) is 22.8 Å². The van der Waals surface area contributed by atoms with Crippen LogP contribution in [-0.4, -0.2) is 38.2 Å². The highest BCUT2D eigenvalue weighted by Crippen LogP contribution is 2.15. The van der Waals surface area contributed by atoms with E-state index in [2.05, 4.69) is 10.0 Å². The number of Topliss-reactive ketones (excluding diaryl/α,β-unsaturated/α-hetero) is 1. The van der Waals surface area contributed by atoms with Gasteiger partial charge in [0.1, 0.15) is 6.04 Å². The summed E-state index contributed by atoms with van der Waals surface area (Å²) in [5.41, 5.74) is 0.787. The summed E-state index contributed by atoms with van der Waals surface area (Å²) in [5.74, 6) is -1.71. The Kier molecular flexibility index (Phi) is 7.71. The standard InChI is InChI=1S/C20H21ClN2O6S/c1-12(23-30(27,28)18-9-7-16(21)8-10-18)20(26)29-14(3)19(25)22-17-6-4-5-15(11-17)13(2)24/h4-12,14,23H,1-3H3,(H,22,25)/t12-,14?/m0/s1. The Bertz CT molecular complexity index is 1050. The Hall–Kier alpha value is -2.75. The molecule has 0 radical (unpaired) electrons. The summed E-state index contributed by atoms with van der Waals surface area (Å²) >= 11 is 5.74. The van der Waals surface area contributed by atoms with Crippen molar-refractivity contribution in [3.05, 3.63) is 59.1 Å². The molecular formula is C20H21ClN2O6S. The number of hydrogen-bond donors (Lipinski definition) is 2. The molecular weight excluding hydrogens is 432 g/mol. The van der Waals surface area contributed by atoms with Gasteiger partial charge in [-0.2, -0.15) is 4.72 Å². The van der Waals surface area contributed by atoms with E-state index in [1.165, 1.54) is 51.1 Å². The molecule has 2 atom stereocenters. The van der Waals surface area contributed by atoms with Gasteiger partial charge in [0.05, 0.1) is 4.90 Å². The first kappa shape index (κ1) is 23.5. The maximum atomic E-state index is 12.3. The van der Waals surface area contributed by atoms with Crippen molar-refractivity contribution in [2.24, 2.45) is 0 Å². The van der Waals surface area contributed by atoms with Gasteiger partial charge in [-0.05, 0) is 57.2 Å². The van der Waals surface area contributed by atoms with Gasteiger partial charge in [0.15, 0.2) is 11.9 Å². The van der Waals surface area contributed by atoms with Gasteiger partial charge < -0.3 is 10.1 Å². The number of nitrogens with one attached hydrogen (secondary N) is 2. The quantitative estimate of drug-likeness (QED) is 0.469. The number of rotatable bonds is 8. The highest BCUT2D eigenvalue weighted by atomic mass is 35.5. The van der Waals surface area contributed by atoms with E-state index in [1.807, 2.05) is 0 Å². The topological polar surface area (TPSA) is 119 Å². The highest BCUT2D eigenvalue weighted by molar-refractivity contribution is 7.89. The largest absolute Gasteiger partial charge is 0.451 e. The second-order valence-electron chi connectivity index (χ2n) is 6.50. The molecule has 0 aliphatic carbocycles. The zero-order chi connectivity index (χ0) is 22.5. The van der Waals surface area contributed by atoms with Gasteiger partial charge in [0.25, 0.3) is 5.91 Å². The number of ketones is 1. The van der Waals surface area contributed by atoms with Gasteiger partial charge in [-0.15, -0.1) is 0 Å². The third kappa shape index (κ3) is 6.38. The maximum absolute atomic E-state index is 12.3. The fraction of sp³-hybridized carbons (Fsp3) is 0.250. The van der Waals surface area contributed by atoms with E-state index in [0.717, 1.165) is 0 Å². The predicted octanol–water partition coefficient (Wildman–Crippen LogP) is 2.78. The van der Waals surface area contributed by atoms with Crippen LogP contribution in [0.5, 0.6) is 0 Å². The van der Waals surface area contributed by atoms with Crippen LogP contribution in [0.3, 0.4) is 0 Å². The molecule has 2 aromatic rings. The molecule has 0 fully saturated rings. The summed E-state index contributed by atoms with van der Waals surface area (Å²) in [7, 11) is -3.98. The van der Waals surface area contributed by atoms with Crippen LogP contribution in [0.15, 0.2) is 53.4 Å². The third-order valence-corrected chi connectivity index (χ3v) is 5.82. The van der Waals surface area contributed by atoms with Crippen molar-refractivity contribution in [1.82, 2.24) is 4.72 Å². The van der Waals surface area contributed by atoms with Crippen LogP contribution >= 0.6 is 11.6 Å². The van der Waals surface area contributed by atoms with Crippen LogP contribution in [0, 0.1) is 0 Å². The summed E-state index contributed by atoms with van der Waals surface area (Å²) in [4.78, 5) is 35.8. The molecule has 2 aromatic carbocycles. The molecule has 0 saturated carbocycles. The van der Waals surface area contributed by atoms with E-state index in [-0.39, 0.29) is 10.7 Å². The van der Waals surface area contributed by atoms with Crippen LogP contribution in [-0.2, 0) is 24.3 Å². The van der Waals surface area contributed by atoms with E-state index in [4.69, 9.17) is 16.3 Å². The average Bonchev–Trinajstić information content (AvgIpc) is 2.68. The fourth-order valence-corrected chi connectivity index (χ4v) is 3.67. The Morgan fingerprint density at radius 1 is 1.03 bits per heavy atom. The molecule has 160 valence electrons. The van der Waals surface area contributed by atoms with Gasteiger partial charge in [0, 0.05) is 16.3 Å². The van der Waals surface area contributed by atoms with Gasteiger partial charge in [-0.1, -0.05) is 23.7 Å². The van der Waals surface area contributed by atoms with Crippen molar-refractivity contribution < 1.29 is 27.5 Å². The molecule has 2 rings (SSSR count). The number of hydrogen-bond acceptors (Lipinski definition) is 6. The average molecular weight is 453 g/mol. The lowest BCUT2D eigenvalue weighted by Gasteiger charge is -2.18. The minimum atomic E-state index is -3.98. The summed E-state index contributed by atoms with van der Waals surface area (Å²) in [6.45, 7) is 4.05. The molecule has 0 spiro atoms. The number of sulfonamides is 1. The molecule has 0 aromatic heterocycles. The number of amides is 1. The first-order valence-corrected chi connectivity index (χ1v) is 10.8. The summed E-state index contributed by atoms with van der Waals surface area (Å²) in [6.07, 6.45) is -1.19. The van der Waals surface area contributed by atoms with Crippen molar-refractivity contribution in [3.8, 4) is 0 Å². The molecule has 1 amide bonds. The number of esters is 1. The monoisotopic (exact) mass is 452 g/mol. The molecule has 30 heavy (non-hydrogen) atoms. The number of carbonyl (C=O) groups excluding carboxylic acids is 3. The molecule has 1 unspecified atom stereocenters. The first-order chi connectivity index (χ1) is 14.0. The summed E-state index contributed by atoms with van der Waals surface area (Å²) < 4.78 is 31.9. The van der Waals surface area contributed by atoms with Gasteiger partial charge >= 0.3 is 5.97 Å². The number of halogens is 1. The molecule has 0 aliphatic heterocycles. The minimum absolute atomic E-state index is 0.0669. The van der Waals surface area contributed by atoms with Gasteiger partial charge in [-0.3, -0.25) is 14.4 Å². The Balaban J connectivity index is 1.97. The van der Waals surface area contributed by atoms with Crippen LogP contribution < -0.4 is 10.0 Å². The predicted molar refractivity (Wildman–Crippen MR) is 112 cm³/mol. The second-order valence-corrected chi connectivity index (χ2v) is 8.65. The Morgan fingerprint density at radius 2 is 1.67 bits per heavy atom. The minimum Gasteiger partial charge on any atom is -0.451 e. The lowest BCUT2D eigenvalue weighted by molar-refractivity contribution is -0.154. The SMILES string of the molecule is CC(=O)c1cccc(NC(=O)C(C)OC(=O)[C@H](C)NS(=O)(=O)c2ccc(Cl)cc2)c1. The van der Waals surface area contributed by atoms with Crippen LogP contribution in [0.1, 0.15) is 31.1 Å². The number of benzene rings is 2. The number of carbonyl (C=O) groups is 3. The number of anilines is 1. The van der Waals surface area contributed by atoms with Crippen molar-refractivity contribution in [3.63, 3.8) is 0 Å². The lowest BCUT2D eigenvalue weighted by atomic mass is 10.1. The normalized spacial score (nSPS) is 13.2. The van der Waals surface area contributed by atoms with E-state index < -0.39 is 34.0 Å². The molecule has 0 heterocycles.